The summed E-state index contributed by atoms with van der Waals surface area (Å²) in [5.74, 6) is -0.843. The molecule has 0 aliphatic carbocycles. The maximum absolute atomic E-state index is 14.0. The van der Waals surface area contributed by atoms with Gasteiger partial charge in [0.15, 0.2) is 11.5 Å². The molecule has 2 N–H and O–H groups in total. The number of rotatable bonds is 4. The predicted molar refractivity (Wildman–Crippen MR) is 106 cm³/mol. The molecule has 1 aliphatic rings. The van der Waals surface area contributed by atoms with Crippen LogP contribution in [0.2, 0.25) is 5.02 Å². The van der Waals surface area contributed by atoms with Gasteiger partial charge in [0.1, 0.15) is 5.82 Å². The number of carbonyl (C=O) groups is 2. The summed E-state index contributed by atoms with van der Waals surface area (Å²) < 4.78 is 24.6. The van der Waals surface area contributed by atoms with Crippen LogP contribution >= 0.6 is 11.6 Å². The molecule has 3 aromatic rings. The molecule has 0 aromatic heterocycles. The molecule has 3 aromatic carbocycles. The van der Waals surface area contributed by atoms with Crippen molar-refractivity contribution in [3.05, 3.63) is 82.6 Å². The second-order valence-electron chi connectivity index (χ2n) is 6.12. The minimum absolute atomic E-state index is 0.0233. The van der Waals surface area contributed by atoms with E-state index in [9.17, 15) is 14.0 Å². The normalized spacial score (nSPS) is 11.8. The van der Waals surface area contributed by atoms with Gasteiger partial charge < -0.3 is 20.1 Å². The number of halogens is 2. The summed E-state index contributed by atoms with van der Waals surface area (Å²) in [6, 6.07) is 15.3. The van der Waals surface area contributed by atoms with Crippen LogP contribution < -0.4 is 20.1 Å². The zero-order valence-corrected chi connectivity index (χ0v) is 15.6. The van der Waals surface area contributed by atoms with E-state index in [-0.39, 0.29) is 28.6 Å². The first-order chi connectivity index (χ1) is 14.0. The van der Waals surface area contributed by atoms with Crippen LogP contribution in [0, 0.1) is 5.82 Å². The minimum atomic E-state index is -0.753. The first-order valence-corrected chi connectivity index (χ1v) is 8.96. The third kappa shape index (κ3) is 3.86. The number of fused-ring (bicyclic) bond motifs is 1. The van der Waals surface area contributed by atoms with Gasteiger partial charge in [0.2, 0.25) is 6.79 Å². The van der Waals surface area contributed by atoms with E-state index in [1.807, 2.05) is 0 Å². The monoisotopic (exact) mass is 412 g/mol. The highest BCUT2D eigenvalue weighted by molar-refractivity contribution is 6.34. The van der Waals surface area contributed by atoms with E-state index < -0.39 is 17.6 Å². The van der Waals surface area contributed by atoms with E-state index in [0.717, 1.165) is 6.07 Å². The average Bonchev–Trinajstić information content (AvgIpc) is 3.16. The topological polar surface area (TPSA) is 76.7 Å². The second-order valence-corrected chi connectivity index (χ2v) is 6.53. The number of anilines is 2. The summed E-state index contributed by atoms with van der Waals surface area (Å²) in [6.07, 6.45) is 0. The van der Waals surface area contributed by atoms with Crippen LogP contribution in [0.5, 0.6) is 11.5 Å². The molecule has 0 unspecified atom stereocenters. The van der Waals surface area contributed by atoms with Crippen molar-refractivity contribution in [2.24, 2.45) is 0 Å². The first kappa shape index (κ1) is 18.8. The van der Waals surface area contributed by atoms with Gasteiger partial charge in [-0.3, -0.25) is 9.59 Å². The summed E-state index contributed by atoms with van der Waals surface area (Å²) in [5.41, 5.74) is 0.624. The molecule has 1 heterocycles. The fraction of sp³-hybridized carbons (Fsp3) is 0.0476. The van der Waals surface area contributed by atoms with E-state index in [4.69, 9.17) is 21.1 Å². The first-order valence-electron chi connectivity index (χ1n) is 8.58. The number of hydrogen-bond acceptors (Lipinski definition) is 4. The average molecular weight is 413 g/mol. The molecular formula is C21H14ClFN2O4. The number of carbonyl (C=O) groups excluding carboxylic acids is 2. The Kier molecular flexibility index (Phi) is 5.05. The Balaban J connectivity index is 1.56. The molecule has 0 saturated heterocycles. The van der Waals surface area contributed by atoms with E-state index in [1.165, 1.54) is 12.1 Å². The predicted octanol–water partition coefficient (Wildman–Crippen LogP) is 4.71. The van der Waals surface area contributed by atoms with Crippen LogP contribution in [-0.4, -0.2) is 18.6 Å². The lowest BCUT2D eigenvalue weighted by molar-refractivity contribution is 0.102. The Labute approximate surface area is 170 Å². The summed E-state index contributed by atoms with van der Waals surface area (Å²) in [6.45, 7) is 0.125. The summed E-state index contributed by atoms with van der Waals surface area (Å²) in [5, 5.41) is 5.26. The molecule has 8 heteroatoms. The number of nitrogens with one attached hydrogen (secondary N) is 2. The van der Waals surface area contributed by atoms with Crippen LogP contribution in [0.3, 0.4) is 0 Å². The smallest absolute Gasteiger partial charge is 0.260 e. The summed E-state index contributed by atoms with van der Waals surface area (Å²) >= 11 is 5.94. The van der Waals surface area contributed by atoms with Crippen LogP contribution in [0.1, 0.15) is 20.7 Å². The number of ether oxygens (including phenoxy) is 2. The maximum atomic E-state index is 14.0. The van der Waals surface area contributed by atoms with Gasteiger partial charge in [-0.1, -0.05) is 29.8 Å². The fourth-order valence-corrected chi connectivity index (χ4v) is 3.11. The van der Waals surface area contributed by atoms with E-state index in [0.29, 0.717) is 17.2 Å². The zero-order chi connectivity index (χ0) is 20.4. The summed E-state index contributed by atoms with van der Waals surface area (Å²) in [7, 11) is 0. The molecular weight excluding hydrogens is 399 g/mol. The van der Waals surface area contributed by atoms with Crippen molar-refractivity contribution in [2.75, 3.05) is 17.4 Å². The lowest BCUT2D eigenvalue weighted by atomic mass is 10.1. The second kappa shape index (κ2) is 7.81. The largest absolute Gasteiger partial charge is 0.454 e. The van der Waals surface area contributed by atoms with Crippen LogP contribution in [0.25, 0.3) is 0 Å². The molecule has 6 nitrogen and oxygen atoms in total. The highest BCUT2D eigenvalue weighted by Gasteiger charge is 2.20. The maximum Gasteiger partial charge on any atom is 0.260 e. The molecule has 29 heavy (non-hydrogen) atoms. The van der Waals surface area contributed by atoms with E-state index in [1.54, 1.807) is 42.5 Å². The number of hydrogen-bond donors (Lipinski definition) is 2. The van der Waals surface area contributed by atoms with Gasteiger partial charge in [-0.25, -0.2) is 4.39 Å². The van der Waals surface area contributed by atoms with Crippen molar-refractivity contribution in [3.8, 4) is 11.5 Å². The molecule has 4 rings (SSSR count). The van der Waals surface area contributed by atoms with E-state index in [2.05, 4.69) is 10.6 Å². The van der Waals surface area contributed by atoms with Crippen LogP contribution in [0.4, 0.5) is 15.8 Å². The molecule has 0 spiro atoms. The number of benzene rings is 3. The van der Waals surface area contributed by atoms with Crippen LogP contribution in [-0.2, 0) is 0 Å². The molecule has 2 amide bonds. The molecule has 146 valence electrons. The Morgan fingerprint density at radius 3 is 2.52 bits per heavy atom. The summed E-state index contributed by atoms with van der Waals surface area (Å²) in [4.78, 5) is 25.3. The minimum Gasteiger partial charge on any atom is -0.454 e. The third-order valence-corrected chi connectivity index (χ3v) is 4.56. The Morgan fingerprint density at radius 2 is 1.69 bits per heavy atom. The molecule has 0 fully saturated rings. The van der Waals surface area contributed by atoms with Gasteiger partial charge >= 0.3 is 0 Å². The van der Waals surface area contributed by atoms with Crippen molar-refractivity contribution in [1.29, 1.82) is 0 Å². The molecule has 1 aliphatic heterocycles. The molecule has 0 radical (unpaired) electrons. The van der Waals surface area contributed by atoms with Gasteiger partial charge in [-0.05, 0) is 36.4 Å². The van der Waals surface area contributed by atoms with Crippen molar-refractivity contribution in [2.45, 2.75) is 0 Å². The fourth-order valence-electron chi connectivity index (χ4n) is 2.86. The van der Waals surface area contributed by atoms with Gasteiger partial charge in [0.05, 0.1) is 21.8 Å². The molecule has 0 bridgehead atoms. The number of para-hydroxylation sites is 1. The van der Waals surface area contributed by atoms with Crippen molar-refractivity contribution >= 4 is 34.8 Å². The Bertz CT molecular complexity index is 1100. The Morgan fingerprint density at radius 1 is 0.897 bits per heavy atom. The lowest BCUT2D eigenvalue weighted by Gasteiger charge is -2.12. The highest BCUT2D eigenvalue weighted by atomic mass is 35.5. The van der Waals surface area contributed by atoms with Crippen LogP contribution in [0.15, 0.2) is 60.7 Å². The van der Waals surface area contributed by atoms with Gasteiger partial charge in [0, 0.05) is 11.8 Å². The van der Waals surface area contributed by atoms with Gasteiger partial charge in [-0.2, -0.15) is 0 Å². The standard InChI is InChI=1S/C21H14ClFN2O4/c22-14-5-3-6-15(23)19(14)21(27)25-16-7-2-1-4-13(16)20(26)24-12-8-9-17-18(10-12)29-11-28-17/h1-10H,11H2,(H,24,26)(H,25,27). The molecule has 0 atom stereocenters. The van der Waals surface area contributed by atoms with Crippen molar-refractivity contribution < 1.29 is 23.5 Å². The molecule has 0 saturated carbocycles. The Hall–Kier alpha value is -3.58. The van der Waals surface area contributed by atoms with Crippen molar-refractivity contribution in [3.63, 3.8) is 0 Å². The SMILES string of the molecule is O=C(Nc1ccc2c(c1)OCO2)c1ccccc1NC(=O)c1c(F)cccc1Cl. The van der Waals surface area contributed by atoms with Crippen molar-refractivity contribution in [1.82, 2.24) is 0 Å². The lowest BCUT2D eigenvalue weighted by Crippen LogP contribution is -2.19. The van der Waals surface area contributed by atoms with E-state index >= 15 is 0 Å². The van der Waals surface area contributed by atoms with Gasteiger partial charge in [0.25, 0.3) is 11.8 Å². The quantitative estimate of drug-likeness (QED) is 0.650. The zero-order valence-electron chi connectivity index (χ0n) is 14.9. The third-order valence-electron chi connectivity index (χ3n) is 4.24. The van der Waals surface area contributed by atoms with Gasteiger partial charge in [-0.15, -0.1) is 0 Å². The highest BCUT2D eigenvalue weighted by Crippen LogP contribution is 2.34. The number of amides is 2.